The number of alkyl halides is 5. The molecule has 0 aliphatic rings. The molecule has 0 spiro atoms. The summed E-state index contributed by atoms with van der Waals surface area (Å²) in [5, 5.41) is 0. The number of nitrogens with zero attached hydrogens (tertiary/aromatic N) is 1. The summed E-state index contributed by atoms with van der Waals surface area (Å²) in [5.41, 5.74) is 5.43. The lowest BCUT2D eigenvalue weighted by Gasteiger charge is -2.15. The number of amides is 1. The van der Waals surface area contributed by atoms with Crippen molar-refractivity contribution >= 4 is 5.91 Å². The third-order valence-corrected chi connectivity index (χ3v) is 2.08. The number of carbonyl (C=O) groups is 1. The van der Waals surface area contributed by atoms with Crippen molar-refractivity contribution in [1.29, 1.82) is 0 Å². The molecule has 0 bridgehead atoms. The first-order valence-corrected chi connectivity index (χ1v) is 4.57. The molecule has 9 heteroatoms. The van der Waals surface area contributed by atoms with E-state index in [0.717, 1.165) is 0 Å². The minimum absolute atomic E-state index is 0.328. The molecule has 0 unspecified atom stereocenters. The number of carbonyl (C=O) groups excluding carboxylic acids is 1. The third kappa shape index (κ3) is 2.73. The molecule has 1 aromatic rings. The van der Waals surface area contributed by atoms with Crippen molar-refractivity contribution in [3.8, 4) is 0 Å². The van der Waals surface area contributed by atoms with Crippen LogP contribution in [0.15, 0.2) is 6.07 Å². The lowest BCUT2D eigenvalue weighted by Crippen LogP contribution is -2.24. The molecule has 0 atom stereocenters. The van der Waals surface area contributed by atoms with Crippen LogP contribution in [-0.2, 0) is 12.7 Å². The number of hydrogen-bond acceptors (Lipinski definition) is 3. The van der Waals surface area contributed by atoms with E-state index in [0.29, 0.717) is 6.07 Å². The highest BCUT2D eigenvalue weighted by atomic mass is 19.4. The Morgan fingerprint density at radius 3 is 2.28 bits per heavy atom. The Bertz CT molecular complexity index is 472. The lowest BCUT2D eigenvalue weighted by atomic mass is 10.0. The standard InChI is InChI=1S/C9H8F5N3O/c10-7(11)4-1-3(8(16)18)6(9(12,13)14)5(2-15)17-4/h1,7H,2,15H2,(H2,16,18). The van der Waals surface area contributed by atoms with Gasteiger partial charge in [-0.2, -0.15) is 13.2 Å². The number of rotatable bonds is 3. The summed E-state index contributed by atoms with van der Waals surface area (Å²) in [5.74, 6) is -1.47. The highest BCUT2D eigenvalue weighted by Gasteiger charge is 2.39. The molecule has 0 saturated heterocycles. The van der Waals surface area contributed by atoms with Gasteiger partial charge in [0.15, 0.2) is 0 Å². The van der Waals surface area contributed by atoms with Crippen LogP contribution in [0.5, 0.6) is 0 Å². The Balaban J connectivity index is 3.62. The highest BCUT2D eigenvalue weighted by Crippen LogP contribution is 2.35. The zero-order chi connectivity index (χ0) is 14.1. The van der Waals surface area contributed by atoms with E-state index in [1.165, 1.54) is 0 Å². The fourth-order valence-corrected chi connectivity index (χ4v) is 1.39. The van der Waals surface area contributed by atoms with Gasteiger partial charge in [-0.25, -0.2) is 13.8 Å². The van der Waals surface area contributed by atoms with Crippen molar-refractivity contribution in [2.24, 2.45) is 11.5 Å². The largest absolute Gasteiger partial charge is 0.418 e. The van der Waals surface area contributed by atoms with Gasteiger partial charge in [0.25, 0.3) is 6.43 Å². The Morgan fingerprint density at radius 2 is 1.94 bits per heavy atom. The number of aromatic nitrogens is 1. The maximum absolute atomic E-state index is 12.7. The average Bonchev–Trinajstić information content (AvgIpc) is 2.25. The van der Waals surface area contributed by atoms with Gasteiger partial charge in [-0.05, 0) is 6.07 Å². The van der Waals surface area contributed by atoms with E-state index >= 15 is 0 Å². The molecule has 1 rings (SSSR count). The normalized spacial score (nSPS) is 11.9. The van der Waals surface area contributed by atoms with E-state index in [1.807, 2.05) is 0 Å². The molecule has 0 aromatic carbocycles. The Hall–Kier alpha value is -1.77. The number of pyridine rings is 1. The summed E-state index contributed by atoms with van der Waals surface area (Å²) in [6.45, 7) is -0.740. The third-order valence-electron chi connectivity index (χ3n) is 2.08. The van der Waals surface area contributed by atoms with Crippen LogP contribution < -0.4 is 11.5 Å². The molecular weight excluding hydrogens is 261 g/mol. The smallest absolute Gasteiger partial charge is 0.366 e. The molecule has 0 aliphatic heterocycles. The summed E-state index contributed by atoms with van der Waals surface area (Å²) in [7, 11) is 0. The van der Waals surface area contributed by atoms with E-state index in [4.69, 9.17) is 11.5 Å². The predicted octanol–water partition coefficient (Wildman–Crippen LogP) is 1.60. The molecular formula is C9H8F5N3O. The second-order valence-electron chi connectivity index (χ2n) is 3.28. The van der Waals surface area contributed by atoms with Crippen molar-refractivity contribution in [2.75, 3.05) is 0 Å². The molecule has 18 heavy (non-hydrogen) atoms. The monoisotopic (exact) mass is 269 g/mol. The first kappa shape index (κ1) is 14.3. The van der Waals surface area contributed by atoms with Gasteiger partial charge in [-0.15, -0.1) is 0 Å². The van der Waals surface area contributed by atoms with E-state index < -0.39 is 47.6 Å². The fourth-order valence-electron chi connectivity index (χ4n) is 1.39. The highest BCUT2D eigenvalue weighted by molar-refractivity contribution is 5.94. The fraction of sp³-hybridized carbons (Fsp3) is 0.333. The van der Waals surface area contributed by atoms with E-state index in [-0.39, 0.29) is 0 Å². The zero-order valence-electron chi connectivity index (χ0n) is 8.76. The second-order valence-corrected chi connectivity index (χ2v) is 3.28. The van der Waals surface area contributed by atoms with Crippen LogP contribution >= 0.6 is 0 Å². The molecule has 0 aliphatic carbocycles. The number of primary amides is 1. The van der Waals surface area contributed by atoms with Gasteiger partial charge in [0.1, 0.15) is 5.69 Å². The van der Waals surface area contributed by atoms with Crippen LogP contribution in [-0.4, -0.2) is 10.9 Å². The van der Waals surface area contributed by atoms with Gasteiger partial charge < -0.3 is 11.5 Å². The van der Waals surface area contributed by atoms with Crippen molar-refractivity contribution in [3.05, 3.63) is 28.6 Å². The Labute approximate surface area is 97.8 Å². The molecule has 1 heterocycles. The predicted molar refractivity (Wildman–Crippen MR) is 50.6 cm³/mol. The first-order valence-electron chi connectivity index (χ1n) is 4.57. The van der Waals surface area contributed by atoms with Gasteiger partial charge in [-0.3, -0.25) is 4.79 Å². The number of halogens is 5. The molecule has 100 valence electrons. The average molecular weight is 269 g/mol. The Morgan fingerprint density at radius 1 is 1.39 bits per heavy atom. The van der Waals surface area contributed by atoms with Gasteiger partial charge in [0, 0.05) is 6.54 Å². The van der Waals surface area contributed by atoms with Crippen LogP contribution in [0.3, 0.4) is 0 Å². The molecule has 4 N–H and O–H groups in total. The molecule has 0 saturated carbocycles. The van der Waals surface area contributed by atoms with Crippen LogP contribution in [0.25, 0.3) is 0 Å². The van der Waals surface area contributed by atoms with Crippen LogP contribution in [0.1, 0.15) is 33.7 Å². The SMILES string of the molecule is NCc1nc(C(F)F)cc(C(N)=O)c1C(F)(F)F. The molecule has 0 fully saturated rings. The van der Waals surface area contributed by atoms with Gasteiger partial charge in [0.2, 0.25) is 5.91 Å². The van der Waals surface area contributed by atoms with Gasteiger partial charge >= 0.3 is 6.18 Å². The molecule has 1 amide bonds. The van der Waals surface area contributed by atoms with Crippen LogP contribution in [0, 0.1) is 0 Å². The van der Waals surface area contributed by atoms with Crippen molar-refractivity contribution in [2.45, 2.75) is 19.1 Å². The molecule has 1 aromatic heterocycles. The lowest BCUT2D eigenvalue weighted by molar-refractivity contribution is -0.138. The summed E-state index contributed by atoms with van der Waals surface area (Å²) in [6, 6.07) is 0.328. The van der Waals surface area contributed by atoms with Crippen molar-refractivity contribution in [3.63, 3.8) is 0 Å². The van der Waals surface area contributed by atoms with Crippen molar-refractivity contribution in [1.82, 2.24) is 4.98 Å². The maximum Gasteiger partial charge on any atom is 0.418 e. The van der Waals surface area contributed by atoms with Gasteiger partial charge in [0.05, 0.1) is 16.8 Å². The number of hydrogen-bond donors (Lipinski definition) is 2. The summed E-state index contributed by atoms with van der Waals surface area (Å²) in [6.07, 6.45) is -8.08. The Kier molecular flexibility index (Phi) is 3.85. The van der Waals surface area contributed by atoms with Crippen LogP contribution in [0.2, 0.25) is 0 Å². The quantitative estimate of drug-likeness (QED) is 0.817. The summed E-state index contributed by atoms with van der Waals surface area (Å²) < 4.78 is 62.9. The minimum Gasteiger partial charge on any atom is -0.366 e. The van der Waals surface area contributed by atoms with E-state index in [2.05, 4.69) is 4.98 Å². The van der Waals surface area contributed by atoms with Crippen LogP contribution in [0.4, 0.5) is 22.0 Å². The van der Waals surface area contributed by atoms with Crippen molar-refractivity contribution < 1.29 is 26.7 Å². The van der Waals surface area contributed by atoms with Gasteiger partial charge in [-0.1, -0.05) is 0 Å². The molecule has 0 radical (unpaired) electrons. The first-order chi connectivity index (χ1) is 8.18. The second kappa shape index (κ2) is 4.84. The zero-order valence-corrected chi connectivity index (χ0v) is 8.76. The van der Waals surface area contributed by atoms with E-state index in [1.54, 1.807) is 0 Å². The molecule has 4 nitrogen and oxygen atoms in total. The van der Waals surface area contributed by atoms with E-state index in [9.17, 15) is 26.7 Å². The number of nitrogens with two attached hydrogens (primary N) is 2. The minimum atomic E-state index is -4.95. The summed E-state index contributed by atoms with van der Waals surface area (Å²) >= 11 is 0. The summed E-state index contributed by atoms with van der Waals surface area (Å²) in [4.78, 5) is 14.0. The topological polar surface area (TPSA) is 82.0 Å². The maximum atomic E-state index is 12.7.